The second-order valence-electron chi connectivity index (χ2n) is 5.77. The maximum absolute atomic E-state index is 12.7. The predicted molar refractivity (Wildman–Crippen MR) is 102 cm³/mol. The van der Waals surface area contributed by atoms with Gasteiger partial charge < -0.3 is 14.6 Å². The zero-order valence-electron chi connectivity index (χ0n) is 13.6. The Balaban J connectivity index is 1.60. The first kappa shape index (κ1) is 18.0. The first-order chi connectivity index (χ1) is 12.9. The first-order valence-electron chi connectivity index (χ1n) is 7.74. The fraction of sp³-hybridized carbons (Fsp3) is 0.111. The average Bonchev–Trinajstić information content (AvgIpc) is 3.17. The molecule has 2 aliphatic heterocycles. The Hall–Kier alpha value is -2.35. The summed E-state index contributed by atoms with van der Waals surface area (Å²) in [7, 11) is 0. The van der Waals surface area contributed by atoms with Gasteiger partial charge in [-0.25, -0.2) is 0 Å². The number of hydrogen-bond donors (Lipinski definition) is 1. The number of nitrogens with zero attached hydrogens (tertiary/aromatic N) is 1. The first-order valence-corrected chi connectivity index (χ1v) is 9.31. The molecule has 2 amide bonds. The number of thioether (sulfide) groups is 1. The third-order valence-corrected chi connectivity index (χ3v) is 5.51. The van der Waals surface area contributed by atoms with Crippen molar-refractivity contribution in [1.29, 1.82) is 0 Å². The summed E-state index contributed by atoms with van der Waals surface area (Å²) in [5, 5.41) is 10.3. The molecule has 0 aliphatic carbocycles. The van der Waals surface area contributed by atoms with E-state index in [-0.39, 0.29) is 24.0 Å². The van der Waals surface area contributed by atoms with Crippen LogP contribution >= 0.6 is 35.0 Å². The van der Waals surface area contributed by atoms with Gasteiger partial charge in [0.15, 0.2) is 11.5 Å². The SMILES string of the molecule is O=C1S/C(=C\c2cc(Cl)ccc2O)C(=O)N1Cc1cc2c(cc1Cl)OCO2. The van der Waals surface area contributed by atoms with Crippen LogP contribution in [0.5, 0.6) is 17.2 Å². The fourth-order valence-electron chi connectivity index (χ4n) is 2.67. The number of aromatic hydroxyl groups is 1. The third kappa shape index (κ3) is 3.45. The Kier molecular flexibility index (Phi) is 4.67. The van der Waals surface area contributed by atoms with Crippen LogP contribution in [0.15, 0.2) is 35.2 Å². The summed E-state index contributed by atoms with van der Waals surface area (Å²) in [6.07, 6.45) is 1.44. The Morgan fingerprint density at radius 2 is 1.89 bits per heavy atom. The van der Waals surface area contributed by atoms with Crippen LogP contribution in [0.25, 0.3) is 6.08 Å². The van der Waals surface area contributed by atoms with Crippen LogP contribution in [0.4, 0.5) is 4.79 Å². The van der Waals surface area contributed by atoms with Gasteiger partial charge in [-0.05, 0) is 47.7 Å². The van der Waals surface area contributed by atoms with Crippen LogP contribution in [-0.4, -0.2) is 27.9 Å². The second-order valence-corrected chi connectivity index (χ2v) is 7.60. The van der Waals surface area contributed by atoms with Crippen LogP contribution in [0.3, 0.4) is 0 Å². The molecule has 1 saturated heterocycles. The van der Waals surface area contributed by atoms with Gasteiger partial charge >= 0.3 is 0 Å². The highest BCUT2D eigenvalue weighted by Gasteiger charge is 2.36. The minimum atomic E-state index is -0.474. The molecule has 1 N–H and O–H groups in total. The van der Waals surface area contributed by atoms with Gasteiger partial charge in [-0.2, -0.15) is 0 Å². The van der Waals surface area contributed by atoms with Crippen molar-refractivity contribution in [2.45, 2.75) is 6.54 Å². The third-order valence-electron chi connectivity index (χ3n) is 4.02. The summed E-state index contributed by atoms with van der Waals surface area (Å²) in [6.45, 7) is 0.0988. The number of fused-ring (bicyclic) bond motifs is 1. The number of benzene rings is 2. The van der Waals surface area contributed by atoms with Gasteiger partial charge in [0.25, 0.3) is 11.1 Å². The lowest BCUT2D eigenvalue weighted by Gasteiger charge is -2.14. The fourth-order valence-corrected chi connectivity index (χ4v) is 3.89. The Morgan fingerprint density at radius 3 is 2.67 bits per heavy atom. The summed E-state index contributed by atoms with van der Waals surface area (Å²) < 4.78 is 10.6. The summed E-state index contributed by atoms with van der Waals surface area (Å²) in [4.78, 5) is 26.3. The van der Waals surface area contributed by atoms with Gasteiger partial charge in [-0.3, -0.25) is 14.5 Å². The summed E-state index contributed by atoms with van der Waals surface area (Å²) in [5.74, 6) is 0.526. The number of halogens is 2. The topological polar surface area (TPSA) is 76.1 Å². The standard InChI is InChI=1S/C18H11Cl2NO5S/c19-11-1-2-13(22)9(3-11)5-16-17(23)21(18(24)27-16)7-10-4-14-15(6-12(10)20)26-8-25-14/h1-6,22H,7-8H2/b16-5-. The van der Waals surface area contributed by atoms with Crippen molar-refractivity contribution in [2.75, 3.05) is 6.79 Å². The molecular weight excluding hydrogens is 413 g/mol. The number of rotatable bonds is 3. The minimum Gasteiger partial charge on any atom is -0.507 e. The maximum Gasteiger partial charge on any atom is 0.293 e. The van der Waals surface area contributed by atoms with Crippen LogP contribution in [0.1, 0.15) is 11.1 Å². The average molecular weight is 424 g/mol. The van der Waals surface area contributed by atoms with E-state index in [9.17, 15) is 14.7 Å². The normalized spacial score (nSPS) is 17.3. The summed E-state index contributed by atoms with van der Waals surface area (Å²) in [6, 6.07) is 7.71. The van der Waals surface area contributed by atoms with Crippen molar-refractivity contribution in [3.63, 3.8) is 0 Å². The van der Waals surface area contributed by atoms with Crippen molar-refractivity contribution >= 4 is 52.2 Å². The number of phenolic OH excluding ortho intramolecular Hbond substituents is 1. The Labute approximate surface area is 168 Å². The number of hydrogen-bond acceptors (Lipinski definition) is 6. The molecule has 6 nitrogen and oxygen atoms in total. The highest BCUT2D eigenvalue weighted by atomic mass is 35.5. The van der Waals surface area contributed by atoms with E-state index in [1.807, 2.05) is 0 Å². The van der Waals surface area contributed by atoms with E-state index >= 15 is 0 Å². The predicted octanol–water partition coefficient (Wildman–Crippen LogP) is 4.66. The zero-order chi connectivity index (χ0) is 19.1. The molecule has 4 rings (SSSR count). The highest BCUT2D eigenvalue weighted by molar-refractivity contribution is 8.18. The number of phenols is 1. The molecular formula is C18H11Cl2NO5S. The van der Waals surface area contributed by atoms with Gasteiger partial charge in [0, 0.05) is 21.7 Å². The van der Waals surface area contributed by atoms with Crippen molar-refractivity contribution in [1.82, 2.24) is 4.90 Å². The molecule has 0 saturated carbocycles. The summed E-state index contributed by atoms with van der Waals surface area (Å²) >= 11 is 12.9. The van der Waals surface area contributed by atoms with Crippen LogP contribution < -0.4 is 9.47 Å². The smallest absolute Gasteiger partial charge is 0.293 e. The van der Waals surface area contributed by atoms with Crippen molar-refractivity contribution in [3.8, 4) is 17.2 Å². The molecule has 0 bridgehead atoms. The van der Waals surface area contributed by atoms with E-state index in [1.54, 1.807) is 12.1 Å². The van der Waals surface area contributed by atoms with E-state index in [1.165, 1.54) is 24.3 Å². The van der Waals surface area contributed by atoms with E-state index in [4.69, 9.17) is 32.7 Å². The quantitative estimate of drug-likeness (QED) is 0.723. The Morgan fingerprint density at radius 1 is 1.15 bits per heavy atom. The number of carbonyl (C=O) groups is 2. The molecule has 0 atom stereocenters. The minimum absolute atomic E-state index is 0.000984. The molecule has 0 spiro atoms. The molecule has 0 radical (unpaired) electrons. The monoisotopic (exact) mass is 423 g/mol. The van der Waals surface area contributed by atoms with Gasteiger partial charge in [-0.15, -0.1) is 0 Å². The lowest BCUT2D eigenvalue weighted by atomic mass is 10.1. The largest absolute Gasteiger partial charge is 0.507 e. The molecule has 9 heteroatoms. The second kappa shape index (κ2) is 6.99. The molecule has 2 heterocycles. The lowest BCUT2D eigenvalue weighted by molar-refractivity contribution is -0.123. The van der Waals surface area contributed by atoms with Gasteiger partial charge in [-0.1, -0.05) is 23.2 Å². The molecule has 27 heavy (non-hydrogen) atoms. The van der Waals surface area contributed by atoms with Crippen molar-refractivity contribution in [3.05, 3.63) is 56.4 Å². The molecule has 2 aliphatic rings. The molecule has 2 aromatic rings. The van der Waals surface area contributed by atoms with Gasteiger partial charge in [0.1, 0.15) is 5.75 Å². The van der Waals surface area contributed by atoms with E-state index in [0.29, 0.717) is 32.7 Å². The van der Waals surface area contributed by atoms with Gasteiger partial charge in [0.05, 0.1) is 11.4 Å². The molecule has 0 unspecified atom stereocenters. The number of ether oxygens (including phenoxy) is 2. The van der Waals surface area contributed by atoms with Gasteiger partial charge in [0.2, 0.25) is 6.79 Å². The molecule has 1 fully saturated rings. The van der Waals surface area contributed by atoms with Crippen LogP contribution in [0, 0.1) is 0 Å². The number of carbonyl (C=O) groups excluding carboxylic acids is 2. The number of amides is 2. The highest BCUT2D eigenvalue weighted by Crippen LogP contribution is 2.39. The van der Waals surface area contributed by atoms with E-state index < -0.39 is 11.1 Å². The van der Waals surface area contributed by atoms with E-state index in [0.717, 1.165) is 16.7 Å². The van der Waals surface area contributed by atoms with Crippen molar-refractivity contribution < 1.29 is 24.2 Å². The molecule has 2 aromatic carbocycles. The summed E-state index contributed by atoms with van der Waals surface area (Å²) in [5.41, 5.74) is 0.921. The number of imide groups is 1. The van der Waals surface area contributed by atoms with Crippen LogP contribution in [0.2, 0.25) is 10.0 Å². The van der Waals surface area contributed by atoms with Crippen LogP contribution in [-0.2, 0) is 11.3 Å². The van der Waals surface area contributed by atoms with E-state index in [2.05, 4.69) is 0 Å². The maximum atomic E-state index is 12.7. The zero-order valence-corrected chi connectivity index (χ0v) is 15.9. The lowest BCUT2D eigenvalue weighted by Crippen LogP contribution is -2.27. The molecule has 0 aromatic heterocycles. The van der Waals surface area contributed by atoms with Crippen molar-refractivity contribution in [2.24, 2.45) is 0 Å². The molecule has 138 valence electrons. The Bertz CT molecular complexity index is 1010.